The van der Waals surface area contributed by atoms with E-state index < -0.39 is 0 Å². The van der Waals surface area contributed by atoms with Crippen LogP contribution in [0.4, 0.5) is 5.69 Å². The van der Waals surface area contributed by atoms with Crippen LogP contribution < -0.4 is 4.90 Å². The lowest BCUT2D eigenvalue weighted by molar-refractivity contribution is 0.297. The van der Waals surface area contributed by atoms with Gasteiger partial charge in [-0.3, -0.25) is 0 Å². The fourth-order valence-electron chi connectivity index (χ4n) is 2.85. The predicted octanol–water partition coefficient (Wildman–Crippen LogP) is 3.43. The fourth-order valence-corrected chi connectivity index (χ4v) is 2.85. The minimum atomic E-state index is 0.515. The van der Waals surface area contributed by atoms with E-state index in [1.54, 1.807) is 0 Å². The van der Waals surface area contributed by atoms with E-state index >= 15 is 0 Å². The molecule has 3 atom stereocenters. The molecule has 0 saturated carbocycles. The molecule has 0 radical (unpaired) electrons. The molecule has 0 aliphatic carbocycles. The minimum absolute atomic E-state index is 0.515. The smallest absolute Gasteiger partial charge is 0.101 e. The summed E-state index contributed by atoms with van der Waals surface area (Å²) in [6.07, 6.45) is 1.28. The Morgan fingerprint density at radius 1 is 1.24 bits per heavy atom. The molecule has 90 valence electrons. The molecule has 2 rings (SSSR count). The Labute approximate surface area is 104 Å². The van der Waals surface area contributed by atoms with Crippen LogP contribution in [-0.4, -0.2) is 12.6 Å². The van der Waals surface area contributed by atoms with Crippen molar-refractivity contribution in [3.63, 3.8) is 0 Å². The summed E-state index contributed by atoms with van der Waals surface area (Å²) in [6, 6.07) is 10.7. The molecule has 3 unspecified atom stereocenters. The van der Waals surface area contributed by atoms with Gasteiger partial charge in [0.15, 0.2) is 0 Å². The molecule has 0 aromatic heterocycles. The Hall–Kier alpha value is -1.49. The highest BCUT2D eigenvalue weighted by molar-refractivity contribution is 5.60. The van der Waals surface area contributed by atoms with E-state index in [2.05, 4.69) is 37.8 Å². The highest BCUT2D eigenvalue weighted by Crippen LogP contribution is 2.32. The first-order valence-electron chi connectivity index (χ1n) is 6.39. The van der Waals surface area contributed by atoms with Crippen molar-refractivity contribution in [2.75, 3.05) is 11.4 Å². The Kier molecular flexibility index (Phi) is 3.38. The fraction of sp³-hybridized carbons (Fsp3) is 0.533. The van der Waals surface area contributed by atoms with Crippen molar-refractivity contribution in [2.45, 2.75) is 33.2 Å². The van der Waals surface area contributed by atoms with Gasteiger partial charge < -0.3 is 4.90 Å². The van der Waals surface area contributed by atoms with Crippen LogP contribution in [0.15, 0.2) is 24.3 Å². The van der Waals surface area contributed by atoms with Gasteiger partial charge in [-0.2, -0.15) is 5.26 Å². The lowest BCUT2D eigenvalue weighted by Gasteiger charge is -2.43. The third-order valence-electron chi connectivity index (χ3n) is 3.93. The van der Waals surface area contributed by atoms with Crippen molar-refractivity contribution in [3.05, 3.63) is 29.8 Å². The third-order valence-corrected chi connectivity index (χ3v) is 3.93. The molecule has 1 saturated heterocycles. The molecule has 0 amide bonds. The van der Waals surface area contributed by atoms with Crippen molar-refractivity contribution in [1.29, 1.82) is 5.26 Å². The molecule has 1 aromatic carbocycles. The van der Waals surface area contributed by atoms with Gasteiger partial charge in [0.1, 0.15) is 6.07 Å². The van der Waals surface area contributed by atoms with Gasteiger partial charge in [0.25, 0.3) is 0 Å². The van der Waals surface area contributed by atoms with Gasteiger partial charge in [-0.1, -0.05) is 26.0 Å². The van der Waals surface area contributed by atoms with Crippen LogP contribution in [-0.2, 0) is 0 Å². The second-order valence-electron chi connectivity index (χ2n) is 5.34. The summed E-state index contributed by atoms with van der Waals surface area (Å²) < 4.78 is 0. The molecule has 2 nitrogen and oxygen atoms in total. The first kappa shape index (κ1) is 12.0. The number of anilines is 1. The monoisotopic (exact) mass is 228 g/mol. The van der Waals surface area contributed by atoms with E-state index in [4.69, 9.17) is 0 Å². The molecular weight excluding hydrogens is 208 g/mol. The van der Waals surface area contributed by atoms with Crippen LogP contribution in [0, 0.1) is 23.2 Å². The second kappa shape index (κ2) is 4.79. The standard InChI is InChI=1S/C15H20N2/c1-11-8-12(2)13(3)17(10-11)15-7-5-4-6-14(15)9-16/h4-7,11-13H,8,10H2,1-3H3. The van der Waals surface area contributed by atoms with Gasteiger partial charge in [0.05, 0.1) is 11.3 Å². The highest BCUT2D eigenvalue weighted by atomic mass is 15.2. The molecular formula is C15H20N2. The second-order valence-corrected chi connectivity index (χ2v) is 5.34. The van der Waals surface area contributed by atoms with Gasteiger partial charge in [-0.15, -0.1) is 0 Å². The molecule has 0 spiro atoms. The zero-order valence-corrected chi connectivity index (χ0v) is 10.9. The number of hydrogen-bond acceptors (Lipinski definition) is 2. The summed E-state index contributed by atoms with van der Waals surface area (Å²) in [5.74, 6) is 1.39. The van der Waals surface area contributed by atoms with E-state index in [9.17, 15) is 5.26 Å². The summed E-state index contributed by atoms with van der Waals surface area (Å²) in [6.45, 7) is 7.93. The Bertz CT molecular complexity index is 433. The van der Waals surface area contributed by atoms with E-state index in [1.807, 2.05) is 18.2 Å². The summed E-state index contributed by atoms with van der Waals surface area (Å²) in [4.78, 5) is 2.40. The zero-order valence-electron chi connectivity index (χ0n) is 10.9. The van der Waals surface area contributed by atoms with Gasteiger partial charge in [0.2, 0.25) is 0 Å². The SMILES string of the molecule is CC1CC(C)C(C)N(c2ccccc2C#N)C1. The van der Waals surface area contributed by atoms with Crippen LogP contribution >= 0.6 is 0 Å². The Balaban J connectivity index is 2.35. The molecule has 0 N–H and O–H groups in total. The first-order valence-corrected chi connectivity index (χ1v) is 6.39. The topological polar surface area (TPSA) is 27.0 Å². The number of nitriles is 1. The minimum Gasteiger partial charge on any atom is -0.367 e. The van der Waals surface area contributed by atoms with Crippen molar-refractivity contribution in [3.8, 4) is 6.07 Å². The van der Waals surface area contributed by atoms with E-state index in [0.717, 1.165) is 17.8 Å². The zero-order chi connectivity index (χ0) is 12.4. The summed E-state index contributed by atoms with van der Waals surface area (Å²) in [5.41, 5.74) is 1.89. The van der Waals surface area contributed by atoms with E-state index in [1.165, 1.54) is 6.42 Å². The van der Waals surface area contributed by atoms with E-state index in [-0.39, 0.29) is 0 Å². The number of piperidine rings is 1. The third kappa shape index (κ3) is 2.29. The summed E-state index contributed by atoms with van der Waals surface area (Å²) >= 11 is 0. The number of nitrogens with zero attached hydrogens (tertiary/aromatic N) is 2. The summed E-state index contributed by atoms with van der Waals surface area (Å²) in [5, 5.41) is 9.19. The van der Waals surface area contributed by atoms with Gasteiger partial charge in [-0.25, -0.2) is 0 Å². The maximum atomic E-state index is 9.19. The molecule has 1 aliphatic rings. The Morgan fingerprint density at radius 2 is 1.94 bits per heavy atom. The molecule has 0 bridgehead atoms. The van der Waals surface area contributed by atoms with Crippen molar-refractivity contribution < 1.29 is 0 Å². The van der Waals surface area contributed by atoms with Crippen molar-refractivity contribution in [1.82, 2.24) is 0 Å². The highest BCUT2D eigenvalue weighted by Gasteiger charge is 2.29. The first-order chi connectivity index (χ1) is 8.13. The van der Waals surface area contributed by atoms with Crippen LogP contribution in [0.1, 0.15) is 32.8 Å². The molecule has 2 heteroatoms. The maximum absolute atomic E-state index is 9.19. The summed E-state index contributed by atoms with van der Waals surface area (Å²) in [7, 11) is 0. The largest absolute Gasteiger partial charge is 0.367 e. The van der Waals surface area contributed by atoms with Crippen LogP contribution in [0.3, 0.4) is 0 Å². The normalized spacial score (nSPS) is 28.8. The lowest BCUT2D eigenvalue weighted by atomic mass is 9.85. The van der Waals surface area contributed by atoms with Crippen molar-refractivity contribution in [2.24, 2.45) is 11.8 Å². The number of hydrogen-bond donors (Lipinski definition) is 0. The van der Waals surface area contributed by atoms with Gasteiger partial charge in [0, 0.05) is 12.6 Å². The predicted molar refractivity (Wildman–Crippen MR) is 70.9 cm³/mol. The van der Waals surface area contributed by atoms with Crippen molar-refractivity contribution >= 4 is 5.69 Å². The molecule has 1 heterocycles. The van der Waals surface area contributed by atoms with Crippen LogP contribution in [0.25, 0.3) is 0 Å². The van der Waals surface area contributed by atoms with Crippen LogP contribution in [0.2, 0.25) is 0 Å². The molecule has 17 heavy (non-hydrogen) atoms. The number of rotatable bonds is 1. The number of benzene rings is 1. The number of para-hydroxylation sites is 1. The van der Waals surface area contributed by atoms with E-state index in [0.29, 0.717) is 17.9 Å². The quantitative estimate of drug-likeness (QED) is 0.736. The molecule has 1 fully saturated rings. The van der Waals surface area contributed by atoms with Gasteiger partial charge in [-0.05, 0) is 37.3 Å². The molecule has 1 aliphatic heterocycles. The maximum Gasteiger partial charge on any atom is 0.101 e. The average Bonchev–Trinajstić information content (AvgIpc) is 2.33. The lowest BCUT2D eigenvalue weighted by Crippen LogP contribution is -2.46. The van der Waals surface area contributed by atoms with Crippen LogP contribution in [0.5, 0.6) is 0 Å². The Morgan fingerprint density at radius 3 is 2.65 bits per heavy atom. The molecule has 1 aromatic rings. The van der Waals surface area contributed by atoms with Gasteiger partial charge >= 0.3 is 0 Å². The average molecular weight is 228 g/mol.